The van der Waals surface area contributed by atoms with E-state index in [1.807, 2.05) is 0 Å². The second kappa shape index (κ2) is 11.4. The Morgan fingerprint density at radius 2 is 1.97 bits per heavy atom. The predicted octanol–water partition coefficient (Wildman–Crippen LogP) is 4.07. The first-order valence-corrected chi connectivity index (χ1v) is 11.9. The molecule has 1 aliphatic carbocycles. The Bertz CT molecular complexity index is 1350. The molecule has 11 heteroatoms. The van der Waals surface area contributed by atoms with Crippen molar-refractivity contribution in [1.82, 2.24) is 25.4 Å². The number of carbonyl (C=O) groups excluding carboxylic acids is 2. The summed E-state index contributed by atoms with van der Waals surface area (Å²) in [5, 5.41) is 13.8. The first kappa shape index (κ1) is 26.1. The molecule has 194 valence electrons. The number of anilines is 1. The van der Waals surface area contributed by atoms with Gasteiger partial charge in [-0.3, -0.25) is 14.3 Å². The fraction of sp³-hybridized carbons (Fsp3) is 0.308. The van der Waals surface area contributed by atoms with E-state index in [0.717, 1.165) is 25.0 Å². The number of rotatable bonds is 9. The van der Waals surface area contributed by atoms with Crippen molar-refractivity contribution in [3.05, 3.63) is 77.8 Å². The first-order chi connectivity index (χ1) is 17.7. The minimum atomic E-state index is -4.64. The highest BCUT2D eigenvalue weighted by Crippen LogP contribution is 2.27. The van der Waals surface area contributed by atoms with Gasteiger partial charge in [-0.1, -0.05) is 24.3 Å². The highest BCUT2D eigenvalue weighted by Gasteiger charge is 2.33. The van der Waals surface area contributed by atoms with E-state index in [9.17, 15) is 22.8 Å². The molecule has 2 aromatic heterocycles. The number of nitrogens with zero attached hydrogens (tertiary/aromatic N) is 3. The maximum atomic E-state index is 12.9. The third-order valence-corrected chi connectivity index (χ3v) is 5.81. The predicted molar refractivity (Wildman–Crippen MR) is 134 cm³/mol. The van der Waals surface area contributed by atoms with Crippen LogP contribution in [0.3, 0.4) is 0 Å². The van der Waals surface area contributed by atoms with E-state index in [1.54, 1.807) is 24.4 Å². The van der Waals surface area contributed by atoms with Crippen molar-refractivity contribution in [3.63, 3.8) is 0 Å². The Morgan fingerprint density at radius 3 is 2.73 bits per heavy atom. The van der Waals surface area contributed by atoms with E-state index in [0.29, 0.717) is 29.7 Å². The number of hydrogen-bond donors (Lipinski definition) is 3. The second-order valence-corrected chi connectivity index (χ2v) is 8.67. The largest absolute Gasteiger partial charge is 0.433 e. The summed E-state index contributed by atoms with van der Waals surface area (Å²) in [6, 6.07) is 8.21. The Morgan fingerprint density at radius 1 is 1.14 bits per heavy atom. The number of carbonyl (C=O) groups is 2. The zero-order valence-corrected chi connectivity index (χ0v) is 20.2. The summed E-state index contributed by atoms with van der Waals surface area (Å²) in [6.45, 7) is 3.21. The fourth-order valence-corrected chi connectivity index (χ4v) is 3.92. The average Bonchev–Trinajstić information content (AvgIpc) is 3.28. The van der Waals surface area contributed by atoms with Gasteiger partial charge in [-0.15, -0.1) is 0 Å². The van der Waals surface area contributed by atoms with Gasteiger partial charge in [0.25, 0.3) is 5.91 Å². The van der Waals surface area contributed by atoms with Crippen molar-refractivity contribution in [1.29, 1.82) is 0 Å². The van der Waals surface area contributed by atoms with Gasteiger partial charge in [0.2, 0.25) is 5.91 Å². The molecule has 0 saturated heterocycles. The van der Waals surface area contributed by atoms with Gasteiger partial charge in [-0.2, -0.15) is 18.3 Å². The Hall–Kier alpha value is -3.99. The van der Waals surface area contributed by atoms with Crippen LogP contribution in [0.5, 0.6) is 0 Å². The minimum absolute atomic E-state index is 0.0218. The standard InChI is InChI=1S/C26H27F3N6O2/c1-17(18-6-3-2-4-7-18)30-12-13-31-24(36)16-35-15-19-14-20(10-11-21(19)34-35)32-25(37)22-8-5-9-23(33-22)26(27,28)29/h3,5-11,14-15,17,30H,2,4,12-13,16H2,1H3,(H,31,36)(H,32,37). The molecule has 1 aliphatic rings. The van der Waals surface area contributed by atoms with Crippen LogP contribution in [0.25, 0.3) is 10.9 Å². The maximum absolute atomic E-state index is 12.9. The second-order valence-electron chi connectivity index (χ2n) is 8.67. The van der Waals surface area contributed by atoms with Gasteiger partial charge in [-0.05, 0) is 55.7 Å². The summed E-state index contributed by atoms with van der Waals surface area (Å²) < 4.78 is 40.1. The van der Waals surface area contributed by atoms with Crippen LogP contribution >= 0.6 is 0 Å². The molecule has 1 unspecified atom stereocenters. The van der Waals surface area contributed by atoms with Gasteiger partial charge in [-0.25, -0.2) is 4.98 Å². The molecule has 4 rings (SSSR count). The van der Waals surface area contributed by atoms with E-state index in [2.05, 4.69) is 51.2 Å². The van der Waals surface area contributed by atoms with Crippen LogP contribution in [0.2, 0.25) is 0 Å². The SMILES string of the molecule is CC(NCCNC(=O)Cn1cc2cc(NC(=O)c3cccc(C(F)(F)F)n3)ccc2n1)C1=CCCC=C1. The molecule has 8 nitrogen and oxygen atoms in total. The van der Waals surface area contributed by atoms with Crippen LogP contribution in [-0.2, 0) is 17.5 Å². The Labute approximate surface area is 211 Å². The molecule has 3 aromatic rings. The molecule has 37 heavy (non-hydrogen) atoms. The van der Waals surface area contributed by atoms with E-state index in [4.69, 9.17) is 0 Å². The van der Waals surface area contributed by atoms with Crippen molar-refractivity contribution < 1.29 is 22.8 Å². The molecule has 3 N–H and O–H groups in total. The summed E-state index contributed by atoms with van der Waals surface area (Å²) in [4.78, 5) is 28.1. The Balaban J connectivity index is 1.29. The van der Waals surface area contributed by atoms with E-state index in [1.165, 1.54) is 16.3 Å². The van der Waals surface area contributed by atoms with Gasteiger partial charge in [0.1, 0.15) is 17.9 Å². The van der Waals surface area contributed by atoms with Gasteiger partial charge >= 0.3 is 6.18 Å². The van der Waals surface area contributed by atoms with Crippen LogP contribution in [0.1, 0.15) is 35.9 Å². The van der Waals surface area contributed by atoms with Crippen molar-refractivity contribution in [2.24, 2.45) is 0 Å². The smallest absolute Gasteiger partial charge is 0.353 e. The van der Waals surface area contributed by atoms with Gasteiger partial charge < -0.3 is 16.0 Å². The minimum Gasteiger partial charge on any atom is -0.353 e. The van der Waals surface area contributed by atoms with Crippen LogP contribution in [0.15, 0.2) is 66.4 Å². The topological polar surface area (TPSA) is 101 Å². The lowest BCUT2D eigenvalue weighted by atomic mass is 10.0. The summed E-state index contributed by atoms with van der Waals surface area (Å²) in [7, 11) is 0. The number of benzene rings is 1. The average molecular weight is 513 g/mol. The monoisotopic (exact) mass is 512 g/mol. The molecule has 2 amide bonds. The number of pyridine rings is 1. The van der Waals surface area contributed by atoms with E-state index < -0.39 is 17.8 Å². The number of amides is 2. The van der Waals surface area contributed by atoms with Crippen LogP contribution in [-0.4, -0.2) is 45.7 Å². The number of aromatic nitrogens is 3. The van der Waals surface area contributed by atoms with Crippen LogP contribution < -0.4 is 16.0 Å². The molecule has 2 heterocycles. The van der Waals surface area contributed by atoms with Crippen molar-refractivity contribution in [2.75, 3.05) is 18.4 Å². The van der Waals surface area contributed by atoms with Crippen LogP contribution in [0.4, 0.5) is 18.9 Å². The normalized spacial score (nSPS) is 14.3. The fourth-order valence-electron chi connectivity index (χ4n) is 3.92. The number of halogens is 3. The lowest BCUT2D eigenvalue weighted by Gasteiger charge is -2.17. The molecule has 0 spiro atoms. The highest BCUT2D eigenvalue weighted by atomic mass is 19.4. The van der Waals surface area contributed by atoms with Crippen molar-refractivity contribution >= 4 is 28.4 Å². The number of hydrogen-bond acceptors (Lipinski definition) is 5. The summed E-state index contributed by atoms with van der Waals surface area (Å²) >= 11 is 0. The zero-order chi connectivity index (χ0) is 26.4. The van der Waals surface area contributed by atoms with Gasteiger partial charge in [0.05, 0.1) is 5.52 Å². The number of fused-ring (bicyclic) bond motifs is 1. The Kier molecular flexibility index (Phi) is 8.02. The lowest BCUT2D eigenvalue weighted by Crippen LogP contribution is -2.37. The number of allylic oxidation sites excluding steroid dienone is 2. The molecule has 0 aliphatic heterocycles. The molecule has 0 radical (unpaired) electrons. The lowest BCUT2D eigenvalue weighted by molar-refractivity contribution is -0.141. The zero-order valence-electron chi connectivity index (χ0n) is 20.2. The third-order valence-electron chi connectivity index (χ3n) is 5.81. The molecular formula is C26H27F3N6O2. The molecule has 0 saturated carbocycles. The van der Waals surface area contributed by atoms with Gasteiger partial charge in [0, 0.05) is 36.4 Å². The van der Waals surface area contributed by atoms with Crippen molar-refractivity contribution in [3.8, 4) is 0 Å². The van der Waals surface area contributed by atoms with E-state index >= 15 is 0 Å². The van der Waals surface area contributed by atoms with Crippen molar-refractivity contribution in [2.45, 2.75) is 38.5 Å². The van der Waals surface area contributed by atoms with Crippen LogP contribution in [0, 0.1) is 0 Å². The summed E-state index contributed by atoms with van der Waals surface area (Å²) in [6.07, 6.45) is 5.65. The highest BCUT2D eigenvalue weighted by molar-refractivity contribution is 6.03. The first-order valence-electron chi connectivity index (χ1n) is 11.9. The maximum Gasteiger partial charge on any atom is 0.433 e. The molecule has 1 aromatic carbocycles. The number of nitrogens with one attached hydrogen (secondary N) is 3. The number of alkyl halides is 3. The molecule has 1 atom stereocenters. The summed E-state index contributed by atoms with van der Waals surface area (Å²) in [5.41, 5.74) is 0.732. The molecular weight excluding hydrogens is 485 g/mol. The third kappa shape index (κ3) is 7.04. The quantitative estimate of drug-likeness (QED) is 0.375. The molecule has 0 bridgehead atoms. The molecule has 0 fully saturated rings. The van der Waals surface area contributed by atoms with E-state index in [-0.39, 0.29) is 24.2 Å². The summed E-state index contributed by atoms with van der Waals surface area (Å²) in [5.74, 6) is -0.959. The van der Waals surface area contributed by atoms with Gasteiger partial charge in [0.15, 0.2) is 0 Å².